The van der Waals surface area contributed by atoms with Crippen molar-refractivity contribution in [2.75, 3.05) is 7.11 Å². The Hall–Kier alpha value is -5.81. The van der Waals surface area contributed by atoms with Crippen molar-refractivity contribution in [1.29, 1.82) is 10.5 Å². The van der Waals surface area contributed by atoms with E-state index in [1.807, 2.05) is 74.5 Å². The van der Waals surface area contributed by atoms with Crippen LogP contribution >= 0.6 is 0 Å². The third-order valence-electron chi connectivity index (χ3n) is 9.85. The highest BCUT2D eigenvalue weighted by Gasteiger charge is 2.38. The maximum Gasteiger partial charge on any atom is 0.298 e. The second-order valence-corrected chi connectivity index (χ2v) is 16.1. The molecule has 0 aromatic heterocycles. The molecule has 0 saturated carbocycles. The minimum atomic E-state index is -4.59. The zero-order chi connectivity index (χ0) is 38.3. The van der Waals surface area contributed by atoms with Gasteiger partial charge in [0.15, 0.2) is 0 Å². The number of hydrogen-bond donors (Lipinski definition) is 1. The molecule has 6 rings (SSSR count). The van der Waals surface area contributed by atoms with Gasteiger partial charge in [-0.15, -0.1) is 0 Å². The van der Waals surface area contributed by atoms with Gasteiger partial charge in [0.2, 0.25) is 0 Å². The number of hydrogen-bond acceptors (Lipinski definition) is 8. The summed E-state index contributed by atoms with van der Waals surface area (Å²) in [5, 5.41) is 20.1. The van der Waals surface area contributed by atoms with Crippen molar-refractivity contribution in [3.63, 3.8) is 0 Å². The van der Waals surface area contributed by atoms with E-state index in [0.717, 1.165) is 29.2 Å². The molecule has 5 aromatic rings. The molecule has 5 aromatic carbocycles. The highest BCUT2D eigenvalue weighted by molar-refractivity contribution is 7.86. The van der Waals surface area contributed by atoms with Crippen LogP contribution in [0.2, 0.25) is 0 Å². The number of fused-ring (bicyclic) bond motifs is 1. The fourth-order valence-electron chi connectivity index (χ4n) is 7.01. The van der Waals surface area contributed by atoms with Crippen LogP contribution in [-0.2, 0) is 33.0 Å². The topological polar surface area (TPSA) is 139 Å². The number of methoxy groups -OCH3 is 1. The average Bonchev–Trinajstić information content (AvgIpc) is 3.11. The molecular weight excluding hydrogens is 689 g/mol. The van der Waals surface area contributed by atoms with Gasteiger partial charge < -0.3 is 18.9 Å². The first-order valence-corrected chi connectivity index (χ1v) is 18.4. The van der Waals surface area contributed by atoms with Gasteiger partial charge in [-0.2, -0.15) is 18.9 Å². The Kier molecular flexibility index (Phi) is 9.51. The van der Waals surface area contributed by atoms with E-state index in [-0.39, 0.29) is 33.6 Å². The number of ether oxygens (including phenoxy) is 4. The lowest BCUT2D eigenvalue weighted by Gasteiger charge is -2.39. The average molecular weight is 729 g/mol. The van der Waals surface area contributed by atoms with Crippen molar-refractivity contribution in [3.05, 3.63) is 136 Å². The van der Waals surface area contributed by atoms with Crippen LogP contribution in [0.15, 0.2) is 102 Å². The van der Waals surface area contributed by atoms with E-state index >= 15 is 0 Å². The maximum atomic E-state index is 11.9. The largest absolute Gasteiger partial charge is 0.495 e. The Morgan fingerprint density at radius 1 is 0.717 bits per heavy atom. The van der Waals surface area contributed by atoms with Crippen LogP contribution in [0.3, 0.4) is 0 Å². The van der Waals surface area contributed by atoms with Crippen molar-refractivity contribution < 1.29 is 31.9 Å². The third-order valence-corrected chi connectivity index (χ3v) is 10.7. The van der Waals surface area contributed by atoms with Crippen molar-refractivity contribution in [2.45, 2.75) is 69.3 Å². The summed E-state index contributed by atoms with van der Waals surface area (Å²) in [5.41, 5.74) is 4.41. The summed E-state index contributed by atoms with van der Waals surface area (Å²) in [7, 11) is -3.30. The second-order valence-electron chi connectivity index (χ2n) is 14.7. The molecule has 1 aliphatic carbocycles. The molecule has 0 atom stereocenters. The van der Waals surface area contributed by atoms with Crippen LogP contribution in [0.5, 0.6) is 34.5 Å². The number of benzene rings is 5. The Morgan fingerprint density at radius 2 is 1.26 bits per heavy atom. The Bertz CT molecular complexity index is 2400. The third kappa shape index (κ3) is 7.17. The summed E-state index contributed by atoms with van der Waals surface area (Å²) >= 11 is 0. The van der Waals surface area contributed by atoms with Crippen LogP contribution in [0.1, 0.15) is 80.5 Å². The summed E-state index contributed by atoms with van der Waals surface area (Å²) in [6, 6.07) is 33.3. The minimum absolute atomic E-state index is 0.0367. The van der Waals surface area contributed by atoms with Gasteiger partial charge in [-0.3, -0.25) is 4.55 Å². The molecule has 0 unspecified atom stereocenters. The highest BCUT2D eigenvalue weighted by Crippen LogP contribution is 2.46. The molecule has 1 aliphatic rings. The van der Waals surface area contributed by atoms with Crippen LogP contribution in [0.4, 0.5) is 0 Å². The summed E-state index contributed by atoms with van der Waals surface area (Å²) < 4.78 is 57.1. The molecule has 0 fully saturated rings. The van der Waals surface area contributed by atoms with E-state index in [0.29, 0.717) is 28.4 Å². The van der Waals surface area contributed by atoms with Gasteiger partial charge in [-0.1, -0.05) is 70.2 Å². The van der Waals surface area contributed by atoms with E-state index in [1.165, 1.54) is 24.8 Å². The van der Waals surface area contributed by atoms with Gasteiger partial charge in [0.05, 0.1) is 12.7 Å². The molecule has 0 spiro atoms. The first kappa shape index (κ1) is 37.0. The molecule has 0 radical (unpaired) electrons. The Balaban J connectivity index is 1.18. The molecule has 0 amide bonds. The van der Waals surface area contributed by atoms with Gasteiger partial charge in [-0.05, 0) is 96.5 Å². The van der Waals surface area contributed by atoms with Crippen LogP contribution in [0.25, 0.3) is 0 Å². The van der Waals surface area contributed by atoms with E-state index in [1.54, 1.807) is 18.2 Å². The van der Waals surface area contributed by atoms with Crippen molar-refractivity contribution in [1.82, 2.24) is 0 Å². The predicted molar refractivity (Wildman–Crippen MR) is 201 cm³/mol. The van der Waals surface area contributed by atoms with Crippen molar-refractivity contribution >= 4 is 10.1 Å². The molecular formula is C43H40N2O7S. The number of nitriles is 2. The number of nitrogens with zero attached hydrogens (tertiary/aromatic N) is 2. The van der Waals surface area contributed by atoms with Gasteiger partial charge >= 0.3 is 0 Å². The minimum Gasteiger partial charge on any atom is -0.495 e. The van der Waals surface area contributed by atoms with Gasteiger partial charge in [0.25, 0.3) is 10.1 Å². The van der Waals surface area contributed by atoms with Crippen LogP contribution in [0, 0.1) is 22.7 Å². The molecule has 0 bridgehead atoms. The number of rotatable bonds is 11. The summed E-state index contributed by atoms with van der Waals surface area (Å²) in [5.74, 6) is 2.05. The van der Waals surface area contributed by atoms with Crippen molar-refractivity contribution in [2.24, 2.45) is 0 Å². The van der Waals surface area contributed by atoms with Gasteiger partial charge in [0.1, 0.15) is 62.7 Å². The Morgan fingerprint density at radius 3 is 1.83 bits per heavy atom. The zero-order valence-electron chi connectivity index (χ0n) is 30.6. The predicted octanol–water partition coefficient (Wildman–Crippen LogP) is 9.74. The first-order chi connectivity index (χ1) is 25.0. The molecule has 9 nitrogen and oxygen atoms in total. The monoisotopic (exact) mass is 728 g/mol. The first-order valence-electron chi connectivity index (χ1n) is 17.0. The molecule has 10 heteroatoms. The van der Waals surface area contributed by atoms with E-state index in [2.05, 4.69) is 39.8 Å². The van der Waals surface area contributed by atoms with Crippen LogP contribution < -0.4 is 18.9 Å². The summed E-state index contributed by atoms with van der Waals surface area (Å²) in [6.07, 6.45) is 0.954. The lowest BCUT2D eigenvalue weighted by molar-refractivity contribution is 0.108. The quantitative estimate of drug-likeness (QED) is 0.132. The summed E-state index contributed by atoms with van der Waals surface area (Å²) in [4.78, 5) is -0.456. The second kappa shape index (κ2) is 13.6. The molecule has 53 heavy (non-hydrogen) atoms. The SMILES string of the molecule is COc1ccc(Oc2cccc(C(C)(C)Oc3ccc(C(C)(C)c4ccc(Oc5ccc6c(c5C#N)C(C)(C)C6)cc4)cc3)c2C#N)cc1S(=O)(=O)O. The molecule has 0 aliphatic heterocycles. The van der Waals surface area contributed by atoms with Gasteiger partial charge in [-0.25, -0.2) is 0 Å². The van der Waals surface area contributed by atoms with E-state index in [9.17, 15) is 23.5 Å². The maximum absolute atomic E-state index is 11.9. The molecule has 1 N–H and O–H groups in total. The highest BCUT2D eigenvalue weighted by atomic mass is 32.2. The Labute approximate surface area is 310 Å². The fraction of sp³-hybridized carbons (Fsp3) is 0.256. The molecule has 270 valence electrons. The molecule has 0 heterocycles. The van der Waals surface area contributed by atoms with Crippen molar-refractivity contribution in [3.8, 4) is 46.6 Å². The molecule has 0 saturated heterocycles. The standard InChI is InChI=1S/C43H40N2O7S/c1-41(2)24-27-11-21-37(34(26-45)40(27)41)50-30-16-12-28(13-17-30)42(3,4)29-14-18-31(19-15-29)52-43(5,6)35-9-8-10-36(33(35)25-44)51-32-20-22-38(49-7)39(23-32)53(46,47)48/h8-23H,24H2,1-7H3,(H,46,47,48). The van der Waals surface area contributed by atoms with E-state index in [4.69, 9.17) is 18.9 Å². The smallest absolute Gasteiger partial charge is 0.298 e. The normalized spacial score (nSPS) is 13.5. The summed E-state index contributed by atoms with van der Waals surface area (Å²) in [6.45, 7) is 12.3. The van der Waals surface area contributed by atoms with Gasteiger partial charge in [0, 0.05) is 17.0 Å². The van der Waals surface area contributed by atoms with Crippen LogP contribution in [-0.4, -0.2) is 20.1 Å². The lowest BCUT2D eigenvalue weighted by atomic mass is 9.65. The fourth-order valence-corrected chi connectivity index (χ4v) is 7.68. The lowest BCUT2D eigenvalue weighted by Crippen LogP contribution is -2.33. The zero-order valence-corrected chi connectivity index (χ0v) is 31.5. The van der Waals surface area contributed by atoms with E-state index < -0.39 is 20.6 Å².